The molecule has 0 bridgehead atoms. The maximum Gasteiger partial charge on any atom is 0.119 e. The zero-order chi connectivity index (χ0) is 14.9. The molecule has 3 heteroatoms. The number of ether oxygens (including phenoxy) is 1. The molecule has 1 aliphatic rings. The lowest BCUT2D eigenvalue weighted by molar-refractivity contribution is 0.128. The number of piperidine rings is 1. The molecule has 0 aromatic heterocycles. The van der Waals surface area contributed by atoms with Gasteiger partial charge in [0, 0.05) is 19.1 Å². The summed E-state index contributed by atoms with van der Waals surface area (Å²) in [6, 6.07) is 10.8. The Morgan fingerprint density at radius 3 is 2.76 bits per heavy atom. The molecule has 2 rings (SSSR count). The molecule has 3 nitrogen and oxygen atoms in total. The zero-order valence-electron chi connectivity index (χ0n) is 13.6. The van der Waals surface area contributed by atoms with E-state index >= 15 is 0 Å². The summed E-state index contributed by atoms with van der Waals surface area (Å²) in [5, 5.41) is 3.64. The monoisotopic (exact) mass is 290 g/mol. The normalized spacial score (nSPS) is 23.1. The number of nitrogens with one attached hydrogen (secondary N) is 1. The minimum atomic E-state index is 0.719. The molecule has 0 amide bonds. The molecule has 0 radical (unpaired) electrons. The number of nitrogens with zero attached hydrogens (tertiary/aromatic N) is 1. The third kappa shape index (κ3) is 5.33. The van der Waals surface area contributed by atoms with Gasteiger partial charge in [-0.3, -0.25) is 0 Å². The second kappa shape index (κ2) is 9.06. The number of likely N-dealkylation sites (tertiary alicyclic amines) is 1. The molecule has 1 saturated heterocycles. The number of benzene rings is 1. The summed E-state index contributed by atoms with van der Waals surface area (Å²) < 4.78 is 5.77. The van der Waals surface area contributed by atoms with Crippen LogP contribution >= 0.6 is 0 Å². The summed E-state index contributed by atoms with van der Waals surface area (Å²) in [5.41, 5.74) is 0. The molecule has 1 aliphatic heterocycles. The van der Waals surface area contributed by atoms with Crippen LogP contribution in [0.25, 0.3) is 0 Å². The average Bonchev–Trinajstić information content (AvgIpc) is 2.54. The predicted molar refractivity (Wildman–Crippen MR) is 88.9 cm³/mol. The van der Waals surface area contributed by atoms with Gasteiger partial charge in [0.05, 0.1) is 6.61 Å². The highest BCUT2D eigenvalue weighted by Crippen LogP contribution is 2.20. The first-order valence-electron chi connectivity index (χ1n) is 8.47. The second-order valence-corrected chi connectivity index (χ2v) is 5.94. The van der Waals surface area contributed by atoms with Crippen LogP contribution in [0.3, 0.4) is 0 Å². The molecular formula is C18H30N2O. The van der Waals surface area contributed by atoms with E-state index in [0.717, 1.165) is 43.8 Å². The predicted octanol–water partition coefficient (Wildman–Crippen LogP) is 3.17. The van der Waals surface area contributed by atoms with Crippen molar-refractivity contribution in [3.05, 3.63) is 30.3 Å². The van der Waals surface area contributed by atoms with Crippen molar-refractivity contribution in [1.29, 1.82) is 0 Å². The van der Waals surface area contributed by atoms with E-state index in [1.807, 2.05) is 30.3 Å². The molecule has 0 spiro atoms. The largest absolute Gasteiger partial charge is 0.494 e. The lowest BCUT2D eigenvalue weighted by Gasteiger charge is -2.38. The van der Waals surface area contributed by atoms with Crippen molar-refractivity contribution in [1.82, 2.24) is 10.2 Å². The summed E-state index contributed by atoms with van der Waals surface area (Å²) in [4.78, 5) is 2.61. The van der Waals surface area contributed by atoms with Crippen LogP contribution in [-0.2, 0) is 0 Å². The summed E-state index contributed by atoms with van der Waals surface area (Å²) >= 11 is 0. The molecule has 1 aromatic rings. The molecule has 21 heavy (non-hydrogen) atoms. The summed E-state index contributed by atoms with van der Waals surface area (Å²) in [6.45, 7) is 10.0. The minimum Gasteiger partial charge on any atom is -0.494 e. The Balaban J connectivity index is 1.65. The van der Waals surface area contributed by atoms with Crippen molar-refractivity contribution >= 4 is 0 Å². The van der Waals surface area contributed by atoms with Gasteiger partial charge in [-0.1, -0.05) is 38.5 Å². The Morgan fingerprint density at radius 2 is 2.05 bits per heavy atom. The molecule has 1 N–H and O–H groups in total. The maximum absolute atomic E-state index is 5.77. The minimum absolute atomic E-state index is 0.719. The van der Waals surface area contributed by atoms with Crippen LogP contribution in [-0.4, -0.2) is 43.7 Å². The maximum atomic E-state index is 5.77. The van der Waals surface area contributed by atoms with Gasteiger partial charge in [0.1, 0.15) is 5.75 Å². The van der Waals surface area contributed by atoms with Gasteiger partial charge in [0.25, 0.3) is 0 Å². The van der Waals surface area contributed by atoms with Crippen molar-refractivity contribution in [2.75, 3.05) is 32.8 Å². The fraction of sp³-hybridized carbons (Fsp3) is 0.667. The van der Waals surface area contributed by atoms with Crippen molar-refractivity contribution in [2.45, 2.75) is 39.2 Å². The van der Waals surface area contributed by atoms with E-state index in [4.69, 9.17) is 4.74 Å². The third-order valence-electron chi connectivity index (χ3n) is 4.44. The lowest BCUT2D eigenvalue weighted by atomic mass is 9.90. The topological polar surface area (TPSA) is 24.5 Å². The SMILES string of the molecule is CCNC1CCN(CCCOc2ccccc2)CC1CC. The van der Waals surface area contributed by atoms with Gasteiger partial charge in [-0.2, -0.15) is 0 Å². The summed E-state index contributed by atoms with van der Waals surface area (Å²) in [5.74, 6) is 1.78. The Hall–Kier alpha value is -1.06. The molecule has 1 heterocycles. The van der Waals surface area contributed by atoms with Crippen LogP contribution in [0.5, 0.6) is 5.75 Å². The number of hydrogen-bond donors (Lipinski definition) is 1. The summed E-state index contributed by atoms with van der Waals surface area (Å²) in [6.07, 6.45) is 3.66. The Morgan fingerprint density at radius 1 is 1.24 bits per heavy atom. The van der Waals surface area contributed by atoms with E-state index in [9.17, 15) is 0 Å². The summed E-state index contributed by atoms with van der Waals surface area (Å²) in [7, 11) is 0. The molecule has 0 aliphatic carbocycles. The van der Waals surface area contributed by atoms with E-state index in [1.165, 1.54) is 25.9 Å². The van der Waals surface area contributed by atoms with E-state index in [2.05, 4.69) is 24.1 Å². The quantitative estimate of drug-likeness (QED) is 0.744. The molecule has 118 valence electrons. The molecule has 0 saturated carbocycles. The van der Waals surface area contributed by atoms with Crippen molar-refractivity contribution < 1.29 is 4.74 Å². The van der Waals surface area contributed by atoms with Gasteiger partial charge in [-0.05, 0) is 44.0 Å². The Bertz CT molecular complexity index is 382. The third-order valence-corrected chi connectivity index (χ3v) is 4.44. The van der Waals surface area contributed by atoms with Gasteiger partial charge in [-0.15, -0.1) is 0 Å². The second-order valence-electron chi connectivity index (χ2n) is 5.94. The van der Waals surface area contributed by atoms with Crippen molar-refractivity contribution in [3.8, 4) is 5.75 Å². The average molecular weight is 290 g/mol. The van der Waals surface area contributed by atoms with Crippen molar-refractivity contribution in [2.24, 2.45) is 5.92 Å². The van der Waals surface area contributed by atoms with E-state index in [-0.39, 0.29) is 0 Å². The fourth-order valence-corrected chi connectivity index (χ4v) is 3.25. The van der Waals surface area contributed by atoms with Crippen LogP contribution in [0.1, 0.15) is 33.1 Å². The van der Waals surface area contributed by atoms with Crippen LogP contribution in [0.4, 0.5) is 0 Å². The van der Waals surface area contributed by atoms with Crippen LogP contribution in [0.15, 0.2) is 30.3 Å². The van der Waals surface area contributed by atoms with Gasteiger partial charge >= 0.3 is 0 Å². The number of para-hydroxylation sites is 1. The molecule has 2 atom stereocenters. The van der Waals surface area contributed by atoms with Gasteiger partial charge in [0.2, 0.25) is 0 Å². The number of hydrogen-bond acceptors (Lipinski definition) is 3. The molecular weight excluding hydrogens is 260 g/mol. The smallest absolute Gasteiger partial charge is 0.119 e. The lowest BCUT2D eigenvalue weighted by Crippen LogP contribution is -2.49. The highest BCUT2D eigenvalue weighted by Gasteiger charge is 2.26. The van der Waals surface area contributed by atoms with E-state index < -0.39 is 0 Å². The Labute approximate surface area is 129 Å². The van der Waals surface area contributed by atoms with Crippen LogP contribution in [0, 0.1) is 5.92 Å². The Kier molecular flexibility index (Phi) is 7.04. The van der Waals surface area contributed by atoms with Crippen LogP contribution in [0.2, 0.25) is 0 Å². The molecule has 1 fully saturated rings. The van der Waals surface area contributed by atoms with Gasteiger partial charge in [0.15, 0.2) is 0 Å². The highest BCUT2D eigenvalue weighted by molar-refractivity contribution is 5.20. The van der Waals surface area contributed by atoms with Gasteiger partial charge < -0.3 is 15.0 Å². The van der Waals surface area contributed by atoms with E-state index in [1.54, 1.807) is 0 Å². The van der Waals surface area contributed by atoms with Gasteiger partial charge in [-0.25, -0.2) is 0 Å². The van der Waals surface area contributed by atoms with Crippen LogP contribution < -0.4 is 10.1 Å². The first kappa shape index (κ1) is 16.3. The first-order chi connectivity index (χ1) is 10.3. The van der Waals surface area contributed by atoms with Crippen molar-refractivity contribution in [3.63, 3.8) is 0 Å². The first-order valence-corrected chi connectivity index (χ1v) is 8.47. The fourth-order valence-electron chi connectivity index (χ4n) is 3.25. The number of rotatable bonds is 8. The highest BCUT2D eigenvalue weighted by atomic mass is 16.5. The van der Waals surface area contributed by atoms with E-state index in [0.29, 0.717) is 0 Å². The molecule has 2 unspecified atom stereocenters. The zero-order valence-corrected chi connectivity index (χ0v) is 13.6. The standard InChI is InChI=1S/C18H30N2O/c1-3-16-15-20(13-11-18(16)19-4-2)12-8-14-21-17-9-6-5-7-10-17/h5-7,9-10,16,18-19H,3-4,8,11-15H2,1-2H3. The molecule has 1 aromatic carbocycles.